The average Bonchev–Trinajstić information content (AvgIpc) is 2.95. The van der Waals surface area contributed by atoms with Gasteiger partial charge >= 0.3 is 0 Å². The zero-order valence-corrected chi connectivity index (χ0v) is 15.8. The summed E-state index contributed by atoms with van der Waals surface area (Å²) in [4.78, 5) is 29.9. The lowest BCUT2D eigenvalue weighted by Gasteiger charge is -2.26. The molecule has 28 heavy (non-hydrogen) atoms. The monoisotopic (exact) mass is 380 g/mol. The number of amides is 1. The number of hydrogen-bond acceptors (Lipinski definition) is 4. The van der Waals surface area contributed by atoms with Crippen LogP contribution in [0.15, 0.2) is 57.7 Å². The molecular formula is C22H21FN2O3. The second kappa shape index (κ2) is 7.20. The van der Waals surface area contributed by atoms with Gasteiger partial charge in [0.15, 0.2) is 5.43 Å². The first-order chi connectivity index (χ1) is 13.5. The summed E-state index contributed by atoms with van der Waals surface area (Å²) in [5.41, 5.74) is 0.608. The standard InChI is InChI=1S/C22H21FN2O3/c1-24(2)12-7-13-25-19(14-8-3-5-10-16(14)23)18-20(26)15-9-4-6-11-17(15)28-21(18)22(25)27/h3-6,8-11,19H,7,12-13H2,1-2H3/t19-/m1/s1. The molecule has 0 saturated heterocycles. The number of carbonyl (C=O) groups is 1. The first-order valence-electron chi connectivity index (χ1n) is 9.25. The van der Waals surface area contributed by atoms with Gasteiger partial charge in [-0.25, -0.2) is 4.39 Å². The zero-order chi connectivity index (χ0) is 19.8. The van der Waals surface area contributed by atoms with Gasteiger partial charge in [0.05, 0.1) is 17.0 Å². The molecule has 1 aliphatic heterocycles. The van der Waals surface area contributed by atoms with Crippen LogP contribution in [0.4, 0.5) is 4.39 Å². The molecule has 1 aromatic heterocycles. The van der Waals surface area contributed by atoms with Crippen LogP contribution in [-0.4, -0.2) is 42.9 Å². The maximum atomic E-state index is 14.7. The Morgan fingerprint density at radius 2 is 1.79 bits per heavy atom. The van der Waals surface area contributed by atoms with E-state index in [4.69, 9.17) is 4.42 Å². The van der Waals surface area contributed by atoms with Gasteiger partial charge in [-0.05, 0) is 45.3 Å². The van der Waals surface area contributed by atoms with Gasteiger partial charge in [0.25, 0.3) is 5.91 Å². The Morgan fingerprint density at radius 3 is 2.54 bits per heavy atom. The molecule has 1 aliphatic rings. The third-order valence-corrected chi connectivity index (χ3v) is 5.08. The maximum absolute atomic E-state index is 14.7. The van der Waals surface area contributed by atoms with Crippen molar-refractivity contribution in [2.45, 2.75) is 12.5 Å². The van der Waals surface area contributed by atoms with Gasteiger partial charge in [0.2, 0.25) is 5.76 Å². The molecule has 0 spiro atoms. The van der Waals surface area contributed by atoms with Gasteiger partial charge in [-0.15, -0.1) is 0 Å². The maximum Gasteiger partial charge on any atom is 0.290 e. The highest BCUT2D eigenvalue weighted by Gasteiger charge is 2.43. The predicted octanol–water partition coefficient (Wildman–Crippen LogP) is 3.43. The van der Waals surface area contributed by atoms with Gasteiger partial charge in [0.1, 0.15) is 11.4 Å². The molecule has 0 fully saturated rings. The Bertz CT molecular complexity index is 1110. The summed E-state index contributed by atoms with van der Waals surface area (Å²) >= 11 is 0. The highest BCUT2D eigenvalue weighted by atomic mass is 19.1. The first kappa shape index (κ1) is 18.4. The van der Waals surface area contributed by atoms with Gasteiger partial charge in [-0.2, -0.15) is 0 Å². The van der Waals surface area contributed by atoms with Crippen molar-refractivity contribution in [3.8, 4) is 0 Å². The van der Waals surface area contributed by atoms with E-state index in [9.17, 15) is 14.0 Å². The molecule has 0 radical (unpaired) electrons. The molecule has 2 aromatic carbocycles. The lowest BCUT2D eigenvalue weighted by molar-refractivity contribution is 0.0720. The van der Waals surface area contributed by atoms with E-state index in [0.29, 0.717) is 29.5 Å². The summed E-state index contributed by atoms with van der Waals surface area (Å²) in [7, 11) is 3.90. The number of fused-ring (bicyclic) bond motifs is 2. The second-order valence-corrected chi connectivity index (χ2v) is 7.25. The Kier molecular flexibility index (Phi) is 4.73. The smallest absolute Gasteiger partial charge is 0.290 e. The number of hydrogen-bond donors (Lipinski definition) is 0. The van der Waals surface area contributed by atoms with Crippen LogP contribution in [0.25, 0.3) is 11.0 Å². The first-order valence-corrected chi connectivity index (χ1v) is 9.25. The second-order valence-electron chi connectivity index (χ2n) is 7.25. The van der Waals surface area contributed by atoms with Crippen molar-refractivity contribution in [3.05, 3.63) is 81.5 Å². The van der Waals surface area contributed by atoms with Crippen molar-refractivity contribution >= 4 is 16.9 Å². The molecule has 1 amide bonds. The molecule has 144 valence electrons. The third kappa shape index (κ3) is 2.99. The van der Waals surface area contributed by atoms with Crippen molar-refractivity contribution in [2.75, 3.05) is 27.2 Å². The molecule has 0 saturated carbocycles. The number of halogens is 1. The largest absolute Gasteiger partial charge is 0.450 e. The summed E-state index contributed by atoms with van der Waals surface area (Å²) in [6, 6.07) is 12.3. The van der Waals surface area contributed by atoms with Crippen LogP contribution in [0, 0.1) is 5.82 Å². The molecule has 2 heterocycles. The van der Waals surface area contributed by atoms with Gasteiger partial charge in [-0.3, -0.25) is 9.59 Å². The third-order valence-electron chi connectivity index (χ3n) is 5.08. The predicted molar refractivity (Wildman–Crippen MR) is 105 cm³/mol. The Balaban J connectivity index is 1.89. The minimum atomic E-state index is -0.785. The van der Waals surface area contributed by atoms with Crippen LogP contribution in [0.2, 0.25) is 0 Å². The summed E-state index contributed by atoms with van der Waals surface area (Å²) in [5, 5.41) is 0.394. The van der Waals surface area contributed by atoms with E-state index in [1.54, 1.807) is 47.4 Å². The Labute approximate surface area is 162 Å². The number of benzene rings is 2. The van der Waals surface area contributed by atoms with Crippen LogP contribution < -0.4 is 5.43 Å². The van der Waals surface area contributed by atoms with Crippen LogP contribution in [0.5, 0.6) is 0 Å². The average molecular weight is 380 g/mol. The van der Waals surface area contributed by atoms with E-state index in [2.05, 4.69) is 0 Å². The van der Waals surface area contributed by atoms with E-state index in [1.165, 1.54) is 6.07 Å². The van der Waals surface area contributed by atoms with Gasteiger partial charge < -0.3 is 14.2 Å². The molecule has 4 rings (SSSR count). The van der Waals surface area contributed by atoms with Crippen LogP contribution >= 0.6 is 0 Å². The Hall–Kier alpha value is -2.99. The molecular weight excluding hydrogens is 359 g/mol. The topological polar surface area (TPSA) is 53.8 Å². The Morgan fingerprint density at radius 1 is 1.07 bits per heavy atom. The molecule has 0 aliphatic carbocycles. The van der Waals surface area contributed by atoms with Gasteiger partial charge in [0, 0.05) is 12.1 Å². The fourth-order valence-electron chi connectivity index (χ4n) is 3.78. The van der Waals surface area contributed by atoms with Crippen LogP contribution in [0.1, 0.15) is 34.1 Å². The molecule has 5 nitrogen and oxygen atoms in total. The highest BCUT2D eigenvalue weighted by molar-refractivity contribution is 5.99. The van der Waals surface area contributed by atoms with E-state index in [1.807, 2.05) is 19.0 Å². The zero-order valence-electron chi connectivity index (χ0n) is 15.8. The van der Waals surface area contributed by atoms with Gasteiger partial charge in [-0.1, -0.05) is 30.3 Å². The van der Waals surface area contributed by atoms with Crippen LogP contribution in [-0.2, 0) is 0 Å². The fourth-order valence-corrected chi connectivity index (χ4v) is 3.78. The van der Waals surface area contributed by atoms with Crippen molar-refractivity contribution in [2.24, 2.45) is 0 Å². The van der Waals surface area contributed by atoms with Crippen molar-refractivity contribution in [1.82, 2.24) is 9.80 Å². The summed E-state index contributed by atoms with van der Waals surface area (Å²) in [5.74, 6) is -0.801. The molecule has 6 heteroatoms. The molecule has 0 N–H and O–H groups in total. The van der Waals surface area contributed by atoms with E-state index in [0.717, 1.165) is 6.54 Å². The SMILES string of the molecule is CN(C)CCCN1C(=O)c2oc3ccccc3c(=O)c2[C@H]1c1ccccc1F. The summed E-state index contributed by atoms with van der Waals surface area (Å²) in [6.07, 6.45) is 0.700. The quantitative estimate of drug-likeness (QED) is 0.681. The number of nitrogens with zero attached hydrogens (tertiary/aromatic N) is 2. The normalized spacial score (nSPS) is 16.2. The lowest BCUT2D eigenvalue weighted by Crippen LogP contribution is -2.32. The van der Waals surface area contributed by atoms with E-state index in [-0.39, 0.29) is 22.7 Å². The van der Waals surface area contributed by atoms with E-state index >= 15 is 0 Å². The van der Waals surface area contributed by atoms with Crippen LogP contribution in [0.3, 0.4) is 0 Å². The number of carbonyl (C=O) groups excluding carboxylic acids is 1. The molecule has 0 bridgehead atoms. The fraction of sp³-hybridized carbons (Fsp3) is 0.273. The van der Waals surface area contributed by atoms with Crippen molar-refractivity contribution in [3.63, 3.8) is 0 Å². The molecule has 1 atom stereocenters. The molecule has 3 aromatic rings. The number of rotatable bonds is 5. The highest BCUT2D eigenvalue weighted by Crippen LogP contribution is 2.39. The van der Waals surface area contributed by atoms with Crippen molar-refractivity contribution < 1.29 is 13.6 Å². The number of para-hydroxylation sites is 1. The van der Waals surface area contributed by atoms with Crippen molar-refractivity contribution in [1.29, 1.82) is 0 Å². The lowest BCUT2D eigenvalue weighted by atomic mass is 9.98. The minimum Gasteiger partial charge on any atom is -0.450 e. The minimum absolute atomic E-state index is 0.0156. The summed E-state index contributed by atoms with van der Waals surface area (Å²) < 4.78 is 20.5. The summed E-state index contributed by atoms with van der Waals surface area (Å²) in [6.45, 7) is 1.17. The van der Waals surface area contributed by atoms with E-state index < -0.39 is 11.9 Å². The molecule has 0 unspecified atom stereocenters.